The van der Waals surface area contributed by atoms with Gasteiger partial charge in [-0.3, -0.25) is 10.1 Å². The highest BCUT2D eigenvalue weighted by Crippen LogP contribution is 2.18. The minimum absolute atomic E-state index is 0.101. The lowest BCUT2D eigenvalue weighted by Crippen LogP contribution is -2.44. The van der Waals surface area contributed by atoms with Crippen molar-refractivity contribution in [1.82, 2.24) is 10.2 Å². The summed E-state index contributed by atoms with van der Waals surface area (Å²) in [6.45, 7) is 7.17. The lowest BCUT2D eigenvalue weighted by atomic mass is 10.1. The molecule has 2 heterocycles. The van der Waals surface area contributed by atoms with Crippen LogP contribution in [0.15, 0.2) is 16.5 Å². The van der Waals surface area contributed by atoms with Crippen LogP contribution >= 0.6 is 0 Å². The molecule has 8 nitrogen and oxygen atoms in total. The number of nitrogens with one attached hydrogen (secondary N) is 1. The minimum Gasteiger partial charge on any atom is -0.444 e. The molecule has 1 unspecified atom stereocenters. The molecule has 0 aliphatic carbocycles. The van der Waals surface area contributed by atoms with Crippen LogP contribution in [0.3, 0.4) is 0 Å². The van der Waals surface area contributed by atoms with Gasteiger partial charge in [0, 0.05) is 19.1 Å². The Labute approximate surface area is 141 Å². The summed E-state index contributed by atoms with van der Waals surface area (Å²) in [7, 11) is 0. The summed E-state index contributed by atoms with van der Waals surface area (Å²) in [5.41, 5.74) is -0.514. The normalized spacial score (nSPS) is 19.0. The fourth-order valence-corrected chi connectivity index (χ4v) is 2.61. The smallest absolute Gasteiger partial charge is 0.433 e. The molecule has 1 aliphatic heterocycles. The summed E-state index contributed by atoms with van der Waals surface area (Å²) in [6.07, 6.45) is 2.57. The number of rotatable bonds is 4. The van der Waals surface area contributed by atoms with Crippen molar-refractivity contribution in [3.63, 3.8) is 0 Å². The molecular formula is C16H25N3O5. The van der Waals surface area contributed by atoms with Gasteiger partial charge in [-0.2, -0.15) is 0 Å². The van der Waals surface area contributed by atoms with Crippen LogP contribution in [0.2, 0.25) is 0 Å². The van der Waals surface area contributed by atoms with E-state index in [4.69, 9.17) is 9.15 Å². The van der Waals surface area contributed by atoms with Gasteiger partial charge in [-0.15, -0.1) is 0 Å². The lowest BCUT2D eigenvalue weighted by molar-refractivity contribution is -0.402. The number of furan rings is 1. The molecule has 8 heteroatoms. The second-order valence-corrected chi connectivity index (χ2v) is 7.00. The number of carbonyl (C=O) groups excluding carboxylic acids is 1. The SMILES string of the molecule is CC(C)(C)OC(=O)N1CCCCC(NCc2ccc([N+](=O)[O-])o2)C1. The van der Waals surface area contributed by atoms with Crippen LogP contribution in [-0.2, 0) is 11.3 Å². The number of carbonyl (C=O) groups is 1. The number of hydrogen-bond acceptors (Lipinski definition) is 6. The van der Waals surface area contributed by atoms with Crippen molar-refractivity contribution in [1.29, 1.82) is 0 Å². The zero-order valence-corrected chi connectivity index (χ0v) is 14.4. The van der Waals surface area contributed by atoms with Crippen molar-refractivity contribution in [3.05, 3.63) is 28.0 Å². The molecule has 1 saturated heterocycles. The first-order chi connectivity index (χ1) is 11.2. The van der Waals surface area contributed by atoms with Crippen LogP contribution in [0.1, 0.15) is 45.8 Å². The number of nitrogens with zero attached hydrogens (tertiary/aromatic N) is 2. The quantitative estimate of drug-likeness (QED) is 0.669. The average molecular weight is 339 g/mol. The highest BCUT2D eigenvalue weighted by atomic mass is 16.6. The number of likely N-dealkylation sites (tertiary alicyclic amines) is 1. The van der Waals surface area contributed by atoms with E-state index in [-0.39, 0.29) is 18.0 Å². The fraction of sp³-hybridized carbons (Fsp3) is 0.688. The van der Waals surface area contributed by atoms with Crippen LogP contribution < -0.4 is 5.32 Å². The van der Waals surface area contributed by atoms with E-state index >= 15 is 0 Å². The Morgan fingerprint density at radius 2 is 2.21 bits per heavy atom. The Hall–Kier alpha value is -2.09. The minimum atomic E-state index is -0.556. The highest BCUT2D eigenvalue weighted by Gasteiger charge is 2.26. The third-order valence-electron chi connectivity index (χ3n) is 3.72. The van der Waals surface area contributed by atoms with Gasteiger partial charge in [0.05, 0.1) is 12.6 Å². The third-order valence-corrected chi connectivity index (χ3v) is 3.72. The lowest BCUT2D eigenvalue weighted by Gasteiger charge is -2.28. The van der Waals surface area contributed by atoms with Gasteiger partial charge in [-0.05, 0) is 39.7 Å². The van der Waals surface area contributed by atoms with Crippen molar-refractivity contribution < 1.29 is 18.9 Å². The first kappa shape index (κ1) is 18.3. The van der Waals surface area contributed by atoms with Gasteiger partial charge >= 0.3 is 12.0 Å². The standard InChI is InChI=1S/C16H25N3O5/c1-16(2,3)24-15(20)18-9-5-4-6-12(11-18)17-10-13-7-8-14(23-13)19(21)22/h7-8,12,17H,4-6,9-11H2,1-3H3. The van der Waals surface area contributed by atoms with Gasteiger partial charge in [-0.1, -0.05) is 6.42 Å². The molecule has 1 aromatic heterocycles. The first-order valence-corrected chi connectivity index (χ1v) is 8.19. The molecule has 134 valence electrons. The predicted molar refractivity (Wildman–Crippen MR) is 87.6 cm³/mol. The molecule has 1 N–H and O–H groups in total. The first-order valence-electron chi connectivity index (χ1n) is 8.19. The summed E-state index contributed by atoms with van der Waals surface area (Å²) in [6, 6.07) is 3.04. The van der Waals surface area contributed by atoms with E-state index < -0.39 is 10.5 Å². The molecule has 1 fully saturated rings. The molecule has 0 radical (unpaired) electrons. The van der Waals surface area contributed by atoms with E-state index in [1.807, 2.05) is 20.8 Å². The third kappa shape index (κ3) is 5.52. The monoisotopic (exact) mass is 339 g/mol. The van der Waals surface area contributed by atoms with Crippen LogP contribution in [0.4, 0.5) is 10.7 Å². The van der Waals surface area contributed by atoms with E-state index in [9.17, 15) is 14.9 Å². The van der Waals surface area contributed by atoms with Crippen molar-refractivity contribution in [2.75, 3.05) is 13.1 Å². The zero-order chi connectivity index (χ0) is 17.7. The molecule has 24 heavy (non-hydrogen) atoms. The summed E-state index contributed by atoms with van der Waals surface area (Å²) >= 11 is 0. The van der Waals surface area contributed by atoms with Gasteiger partial charge in [-0.25, -0.2) is 4.79 Å². The molecule has 0 saturated carbocycles. The van der Waals surface area contributed by atoms with Crippen LogP contribution in [0, 0.1) is 10.1 Å². The fourth-order valence-electron chi connectivity index (χ4n) is 2.61. The largest absolute Gasteiger partial charge is 0.444 e. The number of amides is 1. The maximum atomic E-state index is 12.2. The molecule has 1 aliphatic rings. The Bertz CT molecular complexity index is 579. The molecule has 0 bridgehead atoms. The Kier molecular flexibility index (Phi) is 5.82. The number of nitro groups is 1. The van der Waals surface area contributed by atoms with Crippen molar-refractivity contribution in [2.45, 2.75) is 58.2 Å². The number of hydrogen-bond donors (Lipinski definition) is 1. The van der Waals surface area contributed by atoms with E-state index in [2.05, 4.69) is 5.32 Å². The van der Waals surface area contributed by atoms with Gasteiger partial charge in [0.25, 0.3) is 0 Å². The van der Waals surface area contributed by atoms with Crippen molar-refractivity contribution in [2.24, 2.45) is 0 Å². The molecule has 0 spiro atoms. The Balaban J connectivity index is 1.89. The molecule has 2 rings (SSSR count). The molecule has 0 aromatic carbocycles. The molecule has 1 amide bonds. The molecular weight excluding hydrogens is 314 g/mol. The maximum absolute atomic E-state index is 12.2. The van der Waals surface area contributed by atoms with E-state index in [0.717, 1.165) is 19.3 Å². The predicted octanol–water partition coefficient (Wildman–Crippen LogP) is 3.07. The van der Waals surface area contributed by atoms with Crippen molar-refractivity contribution in [3.8, 4) is 0 Å². The Morgan fingerprint density at radius 1 is 1.46 bits per heavy atom. The highest BCUT2D eigenvalue weighted by molar-refractivity contribution is 5.68. The summed E-state index contributed by atoms with van der Waals surface area (Å²) in [4.78, 5) is 24.0. The van der Waals surface area contributed by atoms with E-state index in [1.54, 1.807) is 11.0 Å². The van der Waals surface area contributed by atoms with E-state index in [0.29, 0.717) is 25.4 Å². The topological polar surface area (TPSA) is 97.8 Å². The Morgan fingerprint density at radius 3 is 2.83 bits per heavy atom. The second-order valence-electron chi connectivity index (χ2n) is 7.00. The number of ether oxygens (including phenoxy) is 1. The second kappa shape index (κ2) is 7.65. The molecule has 1 atom stereocenters. The summed E-state index contributed by atoms with van der Waals surface area (Å²) < 4.78 is 10.6. The summed E-state index contributed by atoms with van der Waals surface area (Å²) in [5, 5.41) is 13.9. The van der Waals surface area contributed by atoms with Gasteiger partial charge < -0.3 is 19.4 Å². The van der Waals surface area contributed by atoms with Crippen LogP contribution in [0.5, 0.6) is 0 Å². The van der Waals surface area contributed by atoms with E-state index in [1.165, 1.54) is 6.07 Å². The van der Waals surface area contributed by atoms with Gasteiger partial charge in [0.15, 0.2) is 0 Å². The van der Waals surface area contributed by atoms with Crippen LogP contribution in [-0.4, -0.2) is 40.6 Å². The zero-order valence-electron chi connectivity index (χ0n) is 14.4. The summed E-state index contributed by atoms with van der Waals surface area (Å²) in [5.74, 6) is 0.248. The van der Waals surface area contributed by atoms with Gasteiger partial charge in [0.2, 0.25) is 0 Å². The van der Waals surface area contributed by atoms with Crippen LogP contribution in [0.25, 0.3) is 0 Å². The molecule has 1 aromatic rings. The average Bonchev–Trinajstić information content (AvgIpc) is 2.82. The maximum Gasteiger partial charge on any atom is 0.433 e. The van der Waals surface area contributed by atoms with Crippen molar-refractivity contribution >= 4 is 12.0 Å². The van der Waals surface area contributed by atoms with Gasteiger partial charge in [0.1, 0.15) is 16.3 Å².